The maximum atomic E-state index is 12.2. The Morgan fingerprint density at radius 1 is 1.09 bits per heavy atom. The number of carbonyl (C=O) groups is 1. The first-order valence-electron chi connectivity index (χ1n) is 8.29. The Morgan fingerprint density at radius 2 is 1.64 bits per heavy atom. The standard InChI is InChI=1S/C18H30N2O2/c1-6-12-20(13-7-2)18(21)19-15(5)22-17-10-8-16(9-11-17)14(3)4/h8-11,14-15H,6-7,12-13H2,1-5H3,(H,19,21). The zero-order chi connectivity index (χ0) is 16.5. The highest BCUT2D eigenvalue weighted by Crippen LogP contribution is 2.19. The lowest BCUT2D eigenvalue weighted by Gasteiger charge is -2.25. The second-order valence-electron chi connectivity index (χ2n) is 5.92. The van der Waals surface area contributed by atoms with E-state index in [1.807, 2.05) is 24.0 Å². The molecule has 1 aromatic rings. The predicted molar refractivity (Wildman–Crippen MR) is 91.3 cm³/mol. The van der Waals surface area contributed by atoms with E-state index in [2.05, 4.69) is 45.1 Å². The van der Waals surface area contributed by atoms with Gasteiger partial charge in [0, 0.05) is 13.1 Å². The lowest BCUT2D eigenvalue weighted by molar-refractivity contribution is 0.153. The largest absolute Gasteiger partial charge is 0.471 e. The van der Waals surface area contributed by atoms with Crippen LogP contribution in [0.4, 0.5) is 4.79 Å². The number of ether oxygens (including phenoxy) is 1. The molecule has 0 bridgehead atoms. The summed E-state index contributed by atoms with van der Waals surface area (Å²) in [4.78, 5) is 14.0. The molecule has 0 saturated heterocycles. The molecule has 0 aliphatic rings. The number of hydrogen-bond acceptors (Lipinski definition) is 2. The van der Waals surface area contributed by atoms with E-state index in [1.54, 1.807) is 0 Å². The fourth-order valence-electron chi connectivity index (χ4n) is 2.28. The van der Waals surface area contributed by atoms with Crippen molar-refractivity contribution in [2.24, 2.45) is 0 Å². The molecular formula is C18H30N2O2. The van der Waals surface area contributed by atoms with E-state index in [0.29, 0.717) is 5.92 Å². The first-order valence-corrected chi connectivity index (χ1v) is 8.29. The van der Waals surface area contributed by atoms with E-state index in [1.165, 1.54) is 5.56 Å². The number of hydrogen-bond donors (Lipinski definition) is 1. The van der Waals surface area contributed by atoms with Crippen LogP contribution in [-0.4, -0.2) is 30.2 Å². The highest BCUT2D eigenvalue weighted by atomic mass is 16.5. The van der Waals surface area contributed by atoms with Gasteiger partial charge in [0.25, 0.3) is 0 Å². The average molecular weight is 306 g/mol. The number of nitrogens with one attached hydrogen (secondary N) is 1. The minimum absolute atomic E-state index is 0.0602. The summed E-state index contributed by atoms with van der Waals surface area (Å²) in [6.45, 7) is 11.9. The van der Waals surface area contributed by atoms with E-state index in [4.69, 9.17) is 4.74 Å². The third kappa shape index (κ3) is 5.96. The summed E-state index contributed by atoms with van der Waals surface area (Å²) in [7, 11) is 0. The van der Waals surface area contributed by atoms with Gasteiger partial charge < -0.3 is 15.0 Å². The zero-order valence-electron chi connectivity index (χ0n) is 14.6. The molecule has 0 heterocycles. The van der Waals surface area contributed by atoms with Crippen LogP contribution in [0.25, 0.3) is 0 Å². The van der Waals surface area contributed by atoms with E-state index in [9.17, 15) is 4.79 Å². The van der Waals surface area contributed by atoms with Gasteiger partial charge in [0.2, 0.25) is 0 Å². The zero-order valence-corrected chi connectivity index (χ0v) is 14.6. The van der Waals surface area contributed by atoms with Crippen LogP contribution in [0.2, 0.25) is 0 Å². The van der Waals surface area contributed by atoms with Crippen molar-refractivity contribution in [3.63, 3.8) is 0 Å². The molecule has 0 aromatic heterocycles. The molecule has 22 heavy (non-hydrogen) atoms. The molecule has 0 aliphatic carbocycles. The number of amides is 2. The fourth-order valence-corrected chi connectivity index (χ4v) is 2.28. The summed E-state index contributed by atoms with van der Waals surface area (Å²) in [6, 6.07) is 7.97. The molecule has 0 aliphatic heterocycles. The Bertz CT molecular complexity index is 437. The Balaban J connectivity index is 2.53. The lowest BCUT2D eigenvalue weighted by atomic mass is 10.0. The molecule has 1 N–H and O–H groups in total. The van der Waals surface area contributed by atoms with Crippen LogP contribution in [0.5, 0.6) is 5.75 Å². The first-order chi connectivity index (χ1) is 10.5. The molecule has 1 rings (SSSR count). The Kier molecular flexibility index (Phi) is 7.78. The molecule has 2 amide bonds. The van der Waals surface area contributed by atoms with Crippen LogP contribution >= 0.6 is 0 Å². The van der Waals surface area contributed by atoms with Gasteiger partial charge in [-0.25, -0.2) is 4.79 Å². The summed E-state index contributed by atoms with van der Waals surface area (Å²) >= 11 is 0. The molecule has 124 valence electrons. The van der Waals surface area contributed by atoms with Crippen LogP contribution in [0.1, 0.15) is 58.9 Å². The third-order valence-corrected chi connectivity index (χ3v) is 3.46. The summed E-state index contributed by atoms with van der Waals surface area (Å²) in [5.41, 5.74) is 1.28. The van der Waals surface area contributed by atoms with Gasteiger partial charge in [0.15, 0.2) is 6.23 Å². The molecule has 0 radical (unpaired) electrons. The second-order valence-corrected chi connectivity index (χ2v) is 5.92. The van der Waals surface area contributed by atoms with Crippen LogP contribution in [0.3, 0.4) is 0 Å². The molecule has 1 atom stereocenters. The predicted octanol–water partition coefficient (Wildman–Crippen LogP) is 4.37. The number of rotatable bonds is 8. The Hall–Kier alpha value is -1.71. The maximum Gasteiger partial charge on any atom is 0.320 e. The van der Waals surface area contributed by atoms with Crippen molar-refractivity contribution in [2.75, 3.05) is 13.1 Å². The van der Waals surface area contributed by atoms with Crippen LogP contribution in [0, 0.1) is 0 Å². The monoisotopic (exact) mass is 306 g/mol. The van der Waals surface area contributed by atoms with E-state index in [-0.39, 0.29) is 12.3 Å². The minimum atomic E-state index is -0.353. The van der Waals surface area contributed by atoms with E-state index in [0.717, 1.165) is 31.7 Å². The van der Waals surface area contributed by atoms with Gasteiger partial charge >= 0.3 is 6.03 Å². The van der Waals surface area contributed by atoms with Crippen molar-refractivity contribution in [2.45, 2.75) is 59.6 Å². The number of urea groups is 1. The number of nitrogens with zero attached hydrogens (tertiary/aromatic N) is 1. The third-order valence-electron chi connectivity index (χ3n) is 3.46. The lowest BCUT2D eigenvalue weighted by Crippen LogP contribution is -2.46. The summed E-state index contributed by atoms with van der Waals surface area (Å²) in [6.07, 6.45) is 1.56. The van der Waals surface area contributed by atoms with Crippen molar-refractivity contribution in [3.8, 4) is 5.75 Å². The molecule has 0 saturated carbocycles. The highest BCUT2D eigenvalue weighted by molar-refractivity contribution is 5.74. The molecule has 4 nitrogen and oxygen atoms in total. The fraction of sp³-hybridized carbons (Fsp3) is 0.611. The molecule has 1 unspecified atom stereocenters. The van der Waals surface area contributed by atoms with Crippen LogP contribution in [-0.2, 0) is 0 Å². The van der Waals surface area contributed by atoms with Gasteiger partial charge in [-0.05, 0) is 43.4 Å². The van der Waals surface area contributed by atoms with Crippen molar-refractivity contribution in [3.05, 3.63) is 29.8 Å². The smallest absolute Gasteiger partial charge is 0.320 e. The molecule has 0 spiro atoms. The van der Waals surface area contributed by atoms with Crippen molar-refractivity contribution < 1.29 is 9.53 Å². The van der Waals surface area contributed by atoms with Gasteiger partial charge in [0.05, 0.1) is 0 Å². The van der Waals surface area contributed by atoms with Gasteiger partial charge in [-0.15, -0.1) is 0 Å². The Labute approximate surface area is 134 Å². The van der Waals surface area contributed by atoms with Gasteiger partial charge in [-0.2, -0.15) is 0 Å². The molecular weight excluding hydrogens is 276 g/mol. The molecule has 1 aromatic carbocycles. The summed E-state index contributed by atoms with van der Waals surface area (Å²) in [5, 5.41) is 2.90. The van der Waals surface area contributed by atoms with Gasteiger partial charge in [-0.3, -0.25) is 0 Å². The molecule has 4 heteroatoms. The highest BCUT2D eigenvalue weighted by Gasteiger charge is 2.15. The van der Waals surface area contributed by atoms with Gasteiger partial charge in [0.1, 0.15) is 5.75 Å². The summed E-state index contributed by atoms with van der Waals surface area (Å²) in [5.74, 6) is 1.28. The van der Waals surface area contributed by atoms with E-state index < -0.39 is 0 Å². The quantitative estimate of drug-likeness (QED) is 0.725. The van der Waals surface area contributed by atoms with Crippen molar-refractivity contribution >= 4 is 6.03 Å². The van der Waals surface area contributed by atoms with Crippen LogP contribution < -0.4 is 10.1 Å². The van der Waals surface area contributed by atoms with E-state index >= 15 is 0 Å². The van der Waals surface area contributed by atoms with Crippen molar-refractivity contribution in [1.29, 1.82) is 0 Å². The van der Waals surface area contributed by atoms with Crippen molar-refractivity contribution in [1.82, 2.24) is 10.2 Å². The second kappa shape index (κ2) is 9.34. The van der Waals surface area contributed by atoms with Crippen LogP contribution in [0.15, 0.2) is 24.3 Å². The van der Waals surface area contributed by atoms with Gasteiger partial charge in [-0.1, -0.05) is 39.8 Å². The first kappa shape index (κ1) is 18.3. The summed E-state index contributed by atoms with van der Waals surface area (Å²) < 4.78 is 5.77. The maximum absolute atomic E-state index is 12.2. The SMILES string of the molecule is CCCN(CCC)C(=O)NC(C)Oc1ccc(C(C)C)cc1. The minimum Gasteiger partial charge on any atom is -0.471 e. The Morgan fingerprint density at radius 3 is 2.09 bits per heavy atom. The normalized spacial score (nSPS) is 12.1. The number of carbonyl (C=O) groups excluding carboxylic acids is 1. The molecule has 0 fully saturated rings. The topological polar surface area (TPSA) is 41.6 Å². The average Bonchev–Trinajstić information content (AvgIpc) is 2.47. The number of benzene rings is 1.